The first-order valence-electron chi connectivity index (χ1n) is 6.22. The Morgan fingerprint density at radius 1 is 1.25 bits per heavy atom. The SMILES string of the molecule is CCOc1cccc(C(=O)N=C(N)c2ccncc2)c1. The van der Waals surface area contributed by atoms with Crippen molar-refractivity contribution in [3.63, 3.8) is 0 Å². The number of ether oxygens (including phenoxy) is 1. The molecule has 102 valence electrons. The molecule has 0 radical (unpaired) electrons. The van der Waals surface area contributed by atoms with E-state index >= 15 is 0 Å². The molecule has 20 heavy (non-hydrogen) atoms. The van der Waals surface area contributed by atoms with Gasteiger partial charge in [-0.1, -0.05) is 6.07 Å². The van der Waals surface area contributed by atoms with Crippen LogP contribution in [0.3, 0.4) is 0 Å². The quantitative estimate of drug-likeness (QED) is 0.680. The third-order valence-corrected chi connectivity index (χ3v) is 2.59. The molecular weight excluding hydrogens is 254 g/mol. The zero-order chi connectivity index (χ0) is 14.4. The molecule has 2 aromatic rings. The predicted molar refractivity (Wildman–Crippen MR) is 76.9 cm³/mol. The van der Waals surface area contributed by atoms with Crippen molar-refractivity contribution in [1.82, 2.24) is 4.98 Å². The Morgan fingerprint density at radius 2 is 2.00 bits per heavy atom. The Balaban J connectivity index is 2.21. The molecule has 0 aliphatic rings. The largest absolute Gasteiger partial charge is 0.494 e. The van der Waals surface area contributed by atoms with Gasteiger partial charge in [-0.2, -0.15) is 4.99 Å². The number of nitrogens with two attached hydrogens (primary N) is 1. The number of aromatic nitrogens is 1. The number of carbonyl (C=O) groups excluding carboxylic acids is 1. The molecule has 0 unspecified atom stereocenters. The van der Waals surface area contributed by atoms with Gasteiger partial charge in [0.1, 0.15) is 11.6 Å². The smallest absolute Gasteiger partial charge is 0.279 e. The zero-order valence-electron chi connectivity index (χ0n) is 11.1. The maximum atomic E-state index is 12.0. The first-order valence-corrected chi connectivity index (χ1v) is 6.22. The van der Waals surface area contributed by atoms with E-state index in [-0.39, 0.29) is 5.84 Å². The normalized spacial score (nSPS) is 11.2. The number of carbonyl (C=O) groups is 1. The third-order valence-electron chi connectivity index (χ3n) is 2.59. The molecule has 5 nitrogen and oxygen atoms in total. The molecule has 1 aromatic carbocycles. The monoisotopic (exact) mass is 269 g/mol. The van der Waals surface area contributed by atoms with Gasteiger partial charge in [0.25, 0.3) is 5.91 Å². The average molecular weight is 269 g/mol. The molecule has 1 aromatic heterocycles. The van der Waals surface area contributed by atoms with Crippen LogP contribution in [0.5, 0.6) is 5.75 Å². The van der Waals surface area contributed by atoms with Gasteiger partial charge in [-0.25, -0.2) is 0 Å². The van der Waals surface area contributed by atoms with Crippen molar-refractivity contribution >= 4 is 11.7 Å². The molecule has 0 aliphatic carbocycles. The van der Waals surface area contributed by atoms with Crippen LogP contribution in [0.1, 0.15) is 22.8 Å². The maximum absolute atomic E-state index is 12.0. The number of hydrogen-bond acceptors (Lipinski definition) is 3. The lowest BCUT2D eigenvalue weighted by Gasteiger charge is -2.04. The lowest BCUT2D eigenvalue weighted by atomic mass is 10.2. The van der Waals surface area contributed by atoms with E-state index in [1.165, 1.54) is 0 Å². The van der Waals surface area contributed by atoms with E-state index in [1.54, 1.807) is 48.8 Å². The molecule has 1 heterocycles. The second-order valence-electron chi connectivity index (χ2n) is 4.00. The minimum atomic E-state index is -0.402. The fraction of sp³-hybridized carbons (Fsp3) is 0.133. The number of rotatable bonds is 4. The van der Waals surface area contributed by atoms with Crippen LogP contribution >= 0.6 is 0 Å². The van der Waals surface area contributed by atoms with Crippen molar-refractivity contribution in [3.8, 4) is 5.75 Å². The summed E-state index contributed by atoms with van der Waals surface area (Å²) in [5.74, 6) is 0.399. The summed E-state index contributed by atoms with van der Waals surface area (Å²) in [6.07, 6.45) is 3.19. The third kappa shape index (κ3) is 3.41. The molecule has 0 saturated heterocycles. The molecule has 5 heteroatoms. The number of nitrogens with zero attached hydrogens (tertiary/aromatic N) is 2. The molecule has 0 atom stereocenters. The van der Waals surface area contributed by atoms with Crippen molar-refractivity contribution in [3.05, 3.63) is 59.9 Å². The zero-order valence-corrected chi connectivity index (χ0v) is 11.1. The molecule has 0 bridgehead atoms. The Kier molecular flexibility index (Phi) is 4.44. The molecule has 2 N–H and O–H groups in total. The van der Waals surface area contributed by atoms with E-state index in [1.807, 2.05) is 6.92 Å². The van der Waals surface area contributed by atoms with Gasteiger partial charge in [-0.15, -0.1) is 0 Å². The fourth-order valence-electron chi connectivity index (χ4n) is 1.65. The number of amides is 1. The molecule has 0 spiro atoms. The summed E-state index contributed by atoms with van der Waals surface area (Å²) in [6, 6.07) is 10.3. The van der Waals surface area contributed by atoms with Crippen LogP contribution in [-0.2, 0) is 0 Å². The molecule has 0 saturated carbocycles. The Morgan fingerprint density at radius 3 is 2.70 bits per heavy atom. The standard InChI is InChI=1S/C15H15N3O2/c1-2-20-13-5-3-4-12(10-13)15(19)18-14(16)11-6-8-17-9-7-11/h3-10H,2H2,1H3,(H2,16,18,19). The maximum Gasteiger partial charge on any atom is 0.279 e. The van der Waals surface area contributed by atoms with Crippen molar-refractivity contribution in [2.24, 2.45) is 10.7 Å². The van der Waals surface area contributed by atoms with Crippen LogP contribution in [-0.4, -0.2) is 23.3 Å². The fourth-order valence-corrected chi connectivity index (χ4v) is 1.65. The highest BCUT2D eigenvalue weighted by atomic mass is 16.5. The van der Waals surface area contributed by atoms with Crippen molar-refractivity contribution < 1.29 is 9.53 Å². The van der Waals surface area contributed by atoms with Gasteiger partial charge in [-0.05, 0) is 37.3 Å². The molecule has 1 amide bonds. The van der Waals surface area contributed by atoms with Crippen LogP contribution in [0, 0.1) is 0 Å². The van der Waals surface area contributed by atoms with Gasteiger partial charge >= 0.3 is 0 Å². The summed E-state index contributed by atoms with van der Waals surface area (Å²) < 4.78 is 5.35. The number of pyridine rings is 1. The molecule has 0 aliphatic heterocycles. The molecule has 2 rings (SSSR count). The second-order valence-corrected chi connectivity index (χ2v) is 4.00. The summed E-state index contributed by atoms with van der Waals surface area (Å²) in [5.41, 5.74) is 6.90. The van der Waals surface area contributed by atoms with Gasteiger partial charge in [0, 0.05) is 23.5 Å². The van der Waals surface area contributed by atoms with E-state index in [4.69, 9.17) is 10.5 Å². The first-order chi connectivity index (χ1) is 9.70. The lowest BCUT2D eigenvalue weighted by Crippen LogP contribution is -2.15. The lowest BCUT2D eigenvalue weighted by molar-refractivity contribution is 0.100. The average Bonchev–Trinajstić information content (AvgIpc) is 2.48. The summed E-state index contributed by atoms with van der Waals surface area (Å²) in [5, 5.41) is 0. The van der Waals surface area contributed by atoms with Crippen molar-refractivity contribution in [1.29, 1.82) is 0 Å². The summed E-state index contributed by atoms with van der Waals surface area (Å²) in [6.45, 7) is 2.42. The number of benzene rings is 1. The first kappa shape index (κ1) is 13.7. The van der Waals surface area contributed by atoms with Gasteiger partial charge in [0.2, 0.25) is 0 Å². The van der Waals surface area contributed by atoms with E-state index < -0.39 is 5.91 Å². The summed E-state index contributed by atoms with van der Waals surface area (Å²) in [7, 11) is 0. The highest BCUT2D eigenvalue weighted by Gasteiger charge is 2.07. The van der Waals surface area contributed by atoms with Crippen LogP contribution in [0.15, 0.2) is 53.8 Å². The Bertz CT molecular complexity index is 624. The number of aliphatic imine (C=N–C) groups is 1. The van der Waals surface area contributed by atoms with Crippen LogP contribution in [0.2, 0.25) is 0 Å². The predicted octanol–water partition coefficient (Wildman–Crippen LogP) is 2.03. The minimum Gasteiger partial charge on any atom is -0.494 e. The van der Waals surface area contributed by atoms with Gasteiger partial charge < -0.3 is 10.5 Å². The van der Waals surface area contributed by atoms with Gasteiger partial charge in [0.05, 0.1) is 6.61 Å². The van der Waals surface area contributed by atoms with E-state index in [0.29, 0.717) is 23.5 Å². The van der Waals surface area contributed by atoms with Crippen molar-refractivity contribution in [2.45, 2.75) is 6.92 Å². The highest BCUT2D eigenvalue weighted by molar-refractivity contribution is 6.08. The second kappa shape index (κ2) is 6.47. The van der Waals surface area contributed by atoms with Crippen LogP contribution in [0.25, 0.3) is 0 Å². The van der Waals surface area contributed by atoms with E-state index in [9.17, 15) is 4.79 Å². The summed E-state index contributed by atoms with van der Waals surface area (Å²) >= 11 is 0. The Labute approximate surface area is 117 Å². The van der Waals surface area contributed by atoms with Crippen molar-refractivity contribution in [2.75, 3.05) is 6.61 Å². The van der Waals surface area contributed by atoms with E-state index in [0.717, 1.165) is 0 Å². The summed E-state index contributed by atoms with van der Waals surface area (Å²) in [4.78, 5) is 19.8. The topological polar surface area (TPSA) is 77.6 Å². The van der Waals surface area contributed by atoms with Gasteiger partial charge in [0.15, 0.2) is 0 Å². The Hall–Kier alpha value is -2.69. The molecule has 0 fully saturated rings. The minimum absolute atomic E-state index is 0.166. The van der Waals surface area contributed by atoms with Crippen LogP contribution in [0.4, 0.5) is 0 Å². The number of amidine groups is 1. The van der Waals surface area contributed by atoms with Crippen LogP contribution < -0.4 is 10.5 Å². The molecular formula is C15H15N3O2. The highest BCUT2D eigenvalue weighted by Crippen LogP contribution is 2.14. The van der Waals surface area contributed by atoms with Gasteiger partial charge in [-0.3, -0.25) is 9.78 Å². The number of hydrogen-bond donors (Lipinski definition) is 1. The van der Waals surface area contributed by atoms with E-state index in [2.05, 4.69) is 9.98 Å².